The predicted octanol–water partition coefficient (Wildman–Crippen LogP) is 1.20. The van der Waals surface area contributed by atoms with Crippen LogP contribution in [0.5, 0.6) is 11.5 Å². The van der Waals surface area contributed by atoms with Crippen LogP contribution < -0.4 is 14.8 Å². The van der Waals surface area contributed by atoms with Crippen molar-refractivity contribution in [1.82, 2.24) is 15.1 Å². The van der Waals surface area contributed by atoms with Crippen molar-refractivity contribution in [2.24, 2.45) is 0 Å². The van der Waals surface area contributed by atoms with E-state index in [0.717, 1.165) is 50.8 Å². The molecule has 6 nitrogen and oxygen atoms in total. The maximum Gasteiger partial charge on any atom is 0.231 e. The number of rotatable bonds is 6. The minimum Gasteiger partial charge on any atom is -0.454 e. The second-order valence-corrected chi connectivity index (χ2v) is 6.82. The Bertz CT molecular complexity index is 595. The molecule has 0 unspecified atom stereocenters. The molecule has 2 heterocycles. The van der Waals surface area contributed by atoms with Crippen LogP contribution in [0.4, 0.5) is 0 Å². The molecule has 0 radical (unpaired) electrons. The van der Waals surface area contributed by atoms with Crippen LogP contribution in [0.25, 0.3) is 0 Å². The van der Waals surface area contributed by atoms with Crippen molar-refractivity contribution in [3.05, 3.63) is 23.8 Å². The molecule has 0 bridgehead atoms. The lowest BCUT2D eigenvalue weighted by Crippen LogP contribution is -2.48. The molecule has 1 saturated heterocycles. The van der Waals surface area contributed by atoms with Crippen LogP contribution in [0.3, 0.4) is 0 Å². The molecule has 2 fully saturated rings. The maximum atomic E-state index is 12.2. The Morgan fingerprint density at radius 3 is 2.71 bits per heavy atom. The van der Waals surface area contributed by atoms with Gasteiger partial charge in [-0.15, -0.1) is 0 Å². The molecular weight excluding hydrogens is 306 g/mol. The average Bonchev–Trinajstić information content (AvgIpc) is 3.30. The SMILES string of the molecule is O=C(CCNC1CC1)N1CCN(Cc2ccc3c(c2)OCO3)CC1. The van der Waals surface area contributed by atoms with E-state index in [1.807, 2.05) is 11.0 Å². The number of fused-ring (bicyclic) bond motifs is 1. The summed E-state index contributed by atoms with van der Waals surface area (Å²) in [6.07, 6.45) is 3.16. The zero-order valence-electron chi connectivity index (χ0n) is 14.0. The van der Waals surface area contributed by atoms with Gasteiger partial charge in [0.1, 0.15) is 0 Å². The number of benzene rings is 1. The summed E-state index contributed by atoms with van der Waals surface area (Å²) in [5.74, 6) is 1.95. The van der Waals surface area contributed by atoms with Gasteiger partial charge >= 0.3 is 0 Å². The highest BCUT2D eigenvalue weighted by molar-refractivity contribution is 5.76. The fourth-order valence-electron chi connectivity index (χ4n) is 3.28. The molecule has 1 aromatic carbocycles. The number of amides is 1. The number of carbonyl (C=O) groups excluding carboxylic acids is 1. The van der Waals surface area contributed by atoms with Crippen LogP contribution >= 0.6 is 0 Å². The van der Waals surface area contributed by atoms with Gasteiger partial charge in [-0.05, 0) is 30.5 Å². The molecule has 1 amide bonds. The molecule has 1 aliphatic carbocycles. The third kappa shape index (κ3) is 3.82. The summed E-state index contributed by atoms with van der Waals surface area (Å²) in [6.45, 7) is 5.53. The maximum absolute atomic E-state index is 12.2. The van der Waals surface area contributed by atoms with Gasteiger partial charge in [-0.3, -0.25) is 9.69 Å². The molecule has 130 valence electrons. The number of nitrogens with one attached hydrogen (secondary N) is 1. The molecule has 24 heavy (non-hydrogen) atoms. The van der Waals surface area contributed by atoms with Crippen molar-refractivity contribution in [3.8, 4) is 11.5 Å². The molecule has 0 aromatic heterocycles. The third-order valence-electron chi connectivity index (χ3n) is 4.92. The van der Waals surface area contributed by atoms with E-state index >= 15 is 0 Å². The second-order valence-electron chi connectivity index (χ2n) is 6.82. The summed E-state index contributed by atoms with van der Waals surface area (Å²) in [5.41, 5.74) is 1.23. The molecular formula is C18H25N3O3. The Morgan fingerprint density at radius 2 is 1.92 bits per heavy atom. The largest absolute Gasteiger partial charge is 0.454 e. The Labute approximate surface area is 142 Å². The first-order valence-corrected chi connectivity index (χ1v) is 8.90. The van der Waals surface area contributed by atoms with Crippen LogP contribution in [0.1, 0.15) is 24.8 Å². The van der Waals surface area contributed by atoms with Gasteiger partial charge in [-0.2, -0.15) is 0 Å². The van der Waals surface area contributed by atoms with E-state index in [2.05, 4.69) is 22.3 Å². The highest BCUT2D eigenvalue weighted by atomic mass is 16.7. The van der Waals surface area contributed by atoms with E-state index in [-0.39, 0.29) is 5.91 Å². The molecule has 6 heteroatoms. The summed E-state index contributed by atoms with van der Waals surface area (Å²) in [7, 11) is 0. The number of piperazine rings is 1. The highest BCUT2D eigenvalue weighted by Gasteiger charge is 2.23. The smallest absolute Gasteiger partial charge is 0.231 e. The van der Waals surface area contributed by atoms with Gasteiger partial charge in [0.05, 0.1) is 0 Å². The minimum atomic E-state index is 0.283. The number of hydrogen-bond acceptors (Lipinski definition) is 5. The van der Waals surface area contributed by atoms with Crippen LogP contribution in [0.2, 0.25) is 0 Å². The van der Waals surface area contributed by atoms with Gasteiger partial charge in [0.25, 0.3) is 0 Å². The summed E-state index contributed by atoms with van der Waals surface area (Å²) in [6, 6.07) is 6.80. The normalized spacial score (nSPS) is 20.4. The first kappa shape index (κ1) is 15.7. The van der Waals surface area contributed by atoms with E-state index in [1.165, 1.54) is 18.4 Å². The van der Waals surface area contributed by atoms with Crippen molar-refractivity contribution in [2.75, 3.05) is 39.5 Å². The number of hydrogen-bond donors (Lipinski definition) is 1. The van der Waals surface area contributed by atoms with Gasteiger partial charge in [0, 0.05) is 51.7 Å². The molecule has 0 spiro atoms. The molecule has 4 rings (SSSR count). The lowest BCUT2D eigenvalue weighted by atomic mass is 10.1. The standard InChI is InChI=1S/C18H25N3O3/c22-18(5-6-19-15-2-3-15)21-9-7-20(8-10-21)12-14-1-4-16-17(11-14)24-13-23-16/h1,4,11,15,19H,2-3,5-10,12-13H2. The van der Waals surface area contributed by atoms with Gasteiger partial charge in [0.15, 0.2) is 11.5 Å². The van der Waals surface area contributed by atoms with E-state index in [0.29, 0.717) is 19.3 Å². The van der Waals surface area contributed by atoms with Gasteiger partial charge in [0.2, 0.25) is 12.7 Å². The van der Waals surface area contributed by atoms with Gasteiger partial charge in [-0.25, -0.2) is 0 Å². The van der Waals surface area contributed by atoms with E-state index in [9.17, 15) is 4.79 Å². The van der Waals surface area contributed by atoms with Crippen LogP contribution in [-0.4, -0.2) is 61.3 Å². The molecule has 1 N–H and O–H groups in total. The van der Waals surface area contributed by atoms with Crippen molar-refractivity contribution in [2.45, 2.75) is 31.8 Å². The molecule has 2 aliphatic heterocycles. The van der Waals surface area contributed by atoms with Crippen molar-refractivity contribution in [3.63, 3.8) is 0 Å². The Hall–Kier alpha value is -1.79. The highest BCUT2D eigenvalue weighted by Crippen LogP contribution is 2.32. The quantitative estimate of drug-likeness (QED) is 0.849. The van der Waals surface area contributed by atoms with Crippen LogP contribution in [0, 0.1) is 0 Å². The first-order chi connectivity index (χ1) is 11.8. The lowest BCUT2D eigenvalue weighted by molar-refractivity contribution is -0.132. The fraction of sp³-hybridized carbons (Fsp3) is 0.611. The third-order valence-corrected chi connectivity index (χ3v) is 4.92. The summed E-state index contributed by atoms with van der Waals surface area (Å²) >= 11 is 0. The Kier molecular flexibility index (Phi) is 4.58. The molecule has 3 aliphatic rings. The predicted molar refractivity (Wildman–Crippen MR) is 90.1 cm³/mol. The molecule has 1 aromatic rings. The van der Waals surface area contributed by atoms with Crippen molar-refractivity contribution >= 4 is 5.91 Å². The Balaban J connectivity index is 1.21. The van der Waals surface area contributed by atoms with Gasteiger partial charge in [-0.1, -0.05) is 6.07 Å². The van der Waals surface area contributed by atoms with Crippen LogP contribution in [-0.2, 0) is 11.3 Å². The number of nitrogens with zero attached hydrogens (tertiary/aromatic N) is 2. The topological polar surface area (TPSA) is 54.0 Å². The monoisotopic (exact) mass is 331 g/mol. The zero-order valence-corrected chi connectivity index (χ0v) is 14.0. The van der Waals surface area contributed by atoms with E-state index < -0.39 is 0 Å². The summed E-state index contributed by atoms with van der Waals surface area (Å²) < 4.78 is 10.8. The van der Waals surface area contributed by atoms with Crippen molar-refractivity contribution in [1.29, 1.82) is 0 Å². The van der Waals surface area contributed by atoms with Crippen molar-refractivity contribution < 1.29 is 14.3 Å². The minimum absolute atomic E-state index is 0.283. The zero-order chi connectivity index (χ0) is 16.4. The molecule has 0 atom stereocenters. The Morgan fingerprint density at radius 1 is 1.12 bits per heavy atom. The average molecular weight is 331 g/mol. The van der Waals surface area contributed by atoms with Crippen LogP contribution in [0.15, 0.2) is 18.2 Å². The first-order valence-electron chi connectivity index (χ1n) is 8.90. The lowest BCUT2D eigenvalue weighted by Gasteiger charge is -2.34. The number of carbonyl (C=O) groups is 1. The number of ether oxygens (including phenoxy) is 2. The van der Waals surface area contributed by atoms with Gasteiger partial charge < -0.3 is 19.7 Å². The summed E-state index contributed by atoms with van der Waals surface area (Å²) in [5, 5.41) is 3.41. The van der Waals surface area contributed by atoms with E-state index in [1.54, 1.807) is 0 Å². The fourth-order valence-corrected chi connectivity index (χ4v) is 3.28. The second kappa shape index (κ2) is 6.99. The molecule has 1 saturated carbocycles. The van der Waals surface area contributed by atoms with E-state index in [4.69, 9.17) is 9.47 Å². The summed E-state index contributed by atoms with van der Waals surface area (Å²) in [4.78, 5) is 16.6.